The molecule has 1 aromatic carbocycles. The van der Waals surface area contributed by atoms with Gasteiger partial charge in [0.05, 0.1) is 7.11 Å². The lowest BCUT2D eigenvalue weighted by Crippen LogP contribution is -2.60. The number of hydrogen-bond acceptors (Lipinski definition) is 5. The molecule has 2 atom stereocenters. The minimum atomic E-state index is -1.35. The lowest BCUT2D eigenvalue weighted by molar-refractivity contribution is -0.174. The highest BCUT2D eigenvalue weighted by Crippen LogP contribution is 2.47. The fourth-order valence-electron chi connectivity index (χ4n) is 3.86. The molecule has 138 valence electrons. The molecule has 0 aromatic heterocycles. The summed E-state index contributed by atoms with van der Waals surface area (Å²) >= 11 is 0. The number of rotatable bonds is 3. The molecule has 1 aliphatic heterocycles. The zero-order chi connectivity index (χ0) is 18.7. The average molecular weight is 357 g/mol. The second-order valence-electron chi connectivity index (χ2n) is 6.90. The molecule has 3 rings (SSSR count). The van der Waals surface area contributed by atoms with Crippen LogP contribution in [0.4, 0.5) is 4.79 Å². The van der Waals surface area contributed by atoms with Crippen molar-refractivity contribution in [2.75, 3.05) is 13.7 Å². The molecule has 0 saturated carbocycles. The Balaban J connectivity index is 1.87. The van der Waals surface area contributed by atoms with Crippen molar-refractivity contribution in [1.29, 1.82) is 0 Å². The fourth-order valence-corrected chi connectivity index (χ4v) is 3.86. The lowest BCUT2D eigenvalue weighted by atomic mass is 9.63. The molecule has 0 unspecified atom stereocenters. The van der Waals surface area contributed by atoms with Crippen molar-refractivity contribution in [2.45, 2.75) is 32.8 Å². The van der Waals surface area contributed by atoms with Gasteiger partial charge in [-0.2, -0.15) is 0 Å². The lowest BCUT2D eigenvalue weighted by Gasteiger charge is -2.45. The smallest absolute Gasteiger partial charge is 0.416 e. The second kappa shape index (κ2) is 7.32. The van der Waals surface area contributed by atoms with Crippen molar-refractivity contribution in [3.05, 3.63) is 47.5 Å². The molecule has 0 spiro atoms. The number of allylic oxidation sites excluding steroid dienone is 2. The molecule has 0 bridgehead atoms. The Morgan fingerprint density at radius 2 is 2.00 bits per heavy atom. The largest absolute Gasteiger partial charge is 0.460 e. The van der Waals surface area contributed by atoms with Crippen LogP contribution < -0.4 is 0 Å². The van der Waals surface area contributed by atoms with Gasteiger partial charge in [-0.05, 0) is 37.7 Å². The average Bonchev–Trinajstić information content (AvgIpc) is 2.66. The first-order valence-electron chi connectivity index (χ1n) is 8.75. The van der Waals surface area contributed by atoms with Gasteiger partial charge in [0.15, 0.2) is 5.41 Å². The van der Waals surface area contributed by atoms with Gasteiger partial charge in [-0.25, -0.2) is 9.69 Å². The fraction of sp³-hybridized carbons (Fsp3) is 0.450. The number of benzene rings is 1. The van der Waals surface area contributed by atoms with Crippen molar-refractivity contribution < 1.29 is 23.9 Å². The van der Waals surface area contributed by atoms with Crippen molar-refractivity contribution in [3.63, 3.8) is 0 Å². The molecule has 26 heavy (non-hydrogen) atoms. The van der Waals surface area contributed by atoms with Gasteiger partial charge < -0.3 is 9.47 Å². The Kier molecular flexibility index (Phi) is 5.11. The van der Waals surface area contributed by atoms with E-state index in [0.717, 1.165) is 16.0 Å². The highest BCUT2D eigenvalue weighted by molar-refractivity contribution is 6.08. The number of nitrogens with zero attached hydrogens (tertiary/aromatic N) is 1. The number of ether oxygens (including phenoxy) is 2. The Morgan fingerprint density at radius 3 is 2.69 bits per heavy atom. The van der Waals surface area contributed by atoms with E-state index in [-0.39, 0.29) is 25.5 Å². The SMILES string of the molecule is COC(=O)N1CC[C@@H]2CC(C)=CC[C@]2(C(=O)OCc2ccccc2)C1=O. The molecule has 6 nitrogen and oxygen atoms in total. The summed E-state index contributed by atoms with van der Waals surface area (Å²) in [5, 5.41) is 0. The number of carbonyl (C=O) groups is 3. The molecule has 1 heterocycles. The summed E-state index contributed by atoms with van der Waals surface area (Å²) in [5.74, 6) is -1.24. The summed E-state index contributed by atoms with van der Waals surface area (Å²) in [6, 6.07) is 9.32. The van der Waals surface area contributed by atoms with Crippen LogP contribution in [0.25, 0.3) is 0 Å². The third-order valence-corrected chi connectivity index (χ3v) is 5.34. The van der Waals surface area contributed by atoms with Gasteiger partial charge in [0.2, 0.25) is 5.91 Å². The maximum absolute atomic E-state index is 13.1. The molecule has 2 aliphatic rings. The number of methoxy groups -OCH3 is 1. The molecular formula is C20H23NO5. The number of hydrogen-bond donors (Lipinski definition) is 0. The summed E-state index contributed by atoms with van der Waals surface area (Å²) in [6.07, 6.45) is 2.64. The van der Waals surface area contributed by atoms with Gasteiger partial charge >= 0.3 is 12.1 Å². The quantitative estimate of drug-likeness (QED) is 0.472. The van der Waals surface area contributed by atoms with E-state index in [1.54, 1.807) is 0 Å². The van der Waals surface area contributed by atoms with Crippen LogP contribution in [0.2, 0.25) is 0 Å². The normalized spacial score (nSPS) is 25.2. The minimum absolute atomic E-state index is 0.0995. The van der Waals surface area contributed by atoms with Crippen LogP contribution in [0.1, 0.15) is 31.7 Å². The molecular weight excluding hydrogens is 334 g/mol. The molecule has 6 heteroatoms. The van der Waals surface area contributed by atoms with Gasteiger partial charge in [0, 0.05) is 6.54 Å². The Bertz CT molecular complexity index is 742. The van der Waals surface area contributed by atoms with Gasteiger partial charge in [0.25, 0.3) is 0 Å². The van der Waals surface area contributed by atoms with Crippen LogP contribution in [0.5, 0.6) is 0 Å². The predicted molar refractivity (Wildman–Crippen MR) is 93.9 cm³/mol. The van der Waals surface area contributed by atoms with Crippen molar-refractivity contribution in [1.82, 2.24) is 4.90 Å². The van der Waals surface area contributed by atoms with Gasteiger partial charge in [-0.15, -0.1) is 0 Å². The molecule has 2 amide bonds. The third kappa shape index (κ3) is 3.11. The van der Waals surface area contributed by atoms with Crippen molar-refractivity contribution in [2.24, 2.45) is 11.3 Å². The van der Waals surface area contributed by atoms with Crippen LogP contribution in [-0.4, -0.2) is 36.5 Å². The summed E-state index contributed by atoms with van der Waals surface area (Å²) < 4.78 is 10.2. The first-order valence-corrected chi connectivity index (χ1v) is 8.75. The van der Waals surface area contributed by atoms with Gasteiger partial charge in [0.1, 0.15) is 6.61 Å². The van der Waals surface area contributed by atoms with Gasteiger partial charge in [-0.1, -0.05) is 42.0 Å². The van der Waals surface area contributed by atoms with Crippen LogP contribution in [-0.2, 0) is 25.7 Å². The van der Waals surface area contributed by atoms with E-state index in [4.69, 9.17) is 9.47 Å². The number of esters is 1. The molecule has 1 fully saturated rings. The van der Waals surface area contributed by atoms with Crippen LogP contribution >= 0.6 is 0 Å². The monoisotopic (exact) mass is 357 g/mol. The van der Waals surface area contributed by atoms with E-state index in [9.17, 15) is 14.4 Å². The predicted octanol–water partition coefficient (Wildman–Crippen LogP) is 3.07. The maximum atomic E-state index is 13.1. The first kappa shape index (κ1) is 18.2. The highest BCUT2D eigenvalue weighted by atomic mass is 16.5. The number of fused-ring (bicyclic) bond motifs is 1. The molecule has 0 N–H and O–H groups in total. The number of amides is 2. The summed E-state index contributed by atoms with van der Waals surface area (Å²) in [5.41, 5.74) is 0.658. The molecule has 1 aliphatic carbocycles. The van der Waals surface area contributed by atoms with E-state index in [0.29, 0.717) is 12.8 Å². The minimum Gasteiger partial charge on any atom is -0.460 e. The first-order chi connectivity index (χ1) is 12.5. The van der Waals surface area contributed by atoms with Crippen molar-refractivity contribution in [3.8, 4) is 0 Å². The Hall–Kier alpha value is -2.63. The zero-order valence-electron chi connectivity index (χ0n) is 15.1. The van der Waals surface area contributed by atoms with Crippen LogP contribution in [0, 0.1) is 11.3 Å². The zero-order valence-corrected chi connectivity index (χ0v) is 15.1. The number of imide groups is 1. The van der Waals surface area contributed by atoms with Crippen LogP contribution in [0.15, 0.2) is 42.0 Å². The van der Waals surface area contributed by atoms with Crippen LogP contribution in [0.3, 0.4) is 0 Å². The van der Waals surface area contributed by atoms with E-state index in [2.05, 4.69) is 0 Å². The van der Waals surface area contributed by atoms with Crippen molar-refractivity contribution >= 4 is 18.0 Å². The van der Waals surface area contributed by atoms with Gasteiger partial charge in [-0.3, -0.25) is 9.59 Å². The standard InChI is InChI=1S/C20H23NO5/c1-14-8-10-20(18(23)26-13-15-6-4-3-5-7-15)16(12-14)9-11-21(17(20)22)19(24)25-2/h3-8,16H,9-13H2,1-2H3/t16-,20-/m1/s1. The van der Waals surface area contributed by atoms with E-state index >= 15 is 0 Å². The highest BCUT2D eigenvalue weighted by Gasteiger charge is 2.59. The molecule has 1 aromatic rings. The third-order valence-electron chi connectivity index (χ3n) is 5.34. The number of piperidine rings is 1. The second-order valence-corrected chi connectivity index (χ2v) is 6.90. The van der Waals surface area contributed by atoms with E-state index < -0.39 is 23.4 Å². The Labute approximate surface area is 152 Å². The maximum Gasteiger partial charge on any atom is 0.416 e. The molecule has 1 saturated heterocycles. The number of carbonyl (C=O) groups excluding carboxylic acids is 3. The number of likely N-dealkylation sites (tertiary alicyclic amines) is 1. The summed E-state index contributed by atoms with van der Waals surface area (Å²) in [6.45, 7) is 2.36. The topological polar surface area (TPSA) is 72.9 Å². The van der Waals surface area contributed by atoms with E-state index in [1.165, 1.54) is 7.11 Å². The Morgan fingerprint density at radius 1 is 1.27 bits per heavy atom. The molecule has 0 radical (unpaired) electrons. The summed E-state index contributed by atoms with van der Waals surface area (Å²) in [4.78, 5) is 39.2. The van der Waals surface area contributed by atoms with E-state index in [1.807, 2.05) is 43.3 Å². The summed E-state index contributed by atoms with van der Waals surface area (Å²) in [7, 11) is 1.23.